The predicted octanol–water partition coefficient (Wildman–Crippen LogP) is 1.76. The largest absolute Gasteiger partial charge is 0.478 e. The monoisotopic (exact) mass is 208 g/mol. The van der Waals surface area contributed by atoms with E-state index in [0.29, 0.717) is 0 Å². The molecule has 3 heteroatoms. The molecule has 0 fully saturated rings. The Bertz CT molecular complexity index is 326. The molecule has 82 valence electrons. The molecule has 15 heavy (non-hydrogen) atoms. The number of carboxylic acid groups (broad SMARTS) is 1. The van der Waals surface area contributed by atoms with Gasteiger partial charge in [0.05, 0.1) is 6.10 Å². The molecule has 0 saturated carbocycles. The first kappa shape index (κ1) is 11.7. The SMILES string of the molecule is CC(O)C1C=CC=CC1(C)/C=C/C(=O)O. The van der Waals surface area contributed by atoms with Crippen LogP contribution in [0.15, 0.2) is 36.5 Å². The fraction of sp³-hybridized carbons (Fsp3) is 0.417. The number of carboxylic acids is 1. The number of aliphatic hydroxyl groups excluding tert-OH is 1. The highest BCUT2D eigenvalue weighted by atomic mass is 16.4. The highest BCUT2D eigenvalue weighted by Gasteiger charge is 2.32. The van der Waals surface area contributed by atoms with Crippen LogP contribution >= 0.6 is 0 Å². The van der Waals surface area contributed by atoms with Crippen molar-refractivity contribution >= 4 is 5.97 Å². The molecule has 0 amide bonds. The second-order valence-electron chi connectivity index (χ2n) is 4.05. The van der Waals surface area contributed by atoms with E-state index in [-0.39, 0.29) is 5.92 Å². The lowest BCUT2D eigenvalue weighted by molar-refractivity contribution is -0.131. The van der Waals surface area contributed by atoms with Crippen LogP contribution in [0.4, 0.5) is 0 Å². The van der Waals surface area contributed by atoms with Gasteiger partial charge in [-0.1, -0.05) is 37.3 Å². The van der Waals surface area contributed by atoms with Crippen molar-refractivity contribution in [2.45, 2.75) is 20.0 Å². The van der Waals surface area contributed by atoms with Crippen LogP contribution in [0.5, 0.6) is 0 Å². The Hall–Kier alpha value is -1.35. The quantitative estimate of drug-likeness (QED) is 0.695. The molecule has 0 heterocycles. The Labute approximate surface area is 89.4 Å². The summed E-state index contributed by atoms with van der Waals surface area (Å²) in [6, 6.07) is 0. The van der Waals surface area contributed by atoms with Crippen molar-refractivity contribution in [3.8, 4) is 0 Å². The molecule has 0 radical (unpaired) electrons. The summed E-state index contributed by atoms with van der Waals surface area (Å²) in [7, 11) is 0. The van der Waals surface area contributed by atoms with Crippen LogP contribution in [0.2, 0.25) is 0 Å². The van der Waals surface area contributed by atoms with Gasteiger partial charge in [0.25, 0.3) is 0 Å². The number of aliphatic carboxylic acids is 1. The molecular formula is C12H16O3. The van der Waals surface area contributed by atoms with Crippen molar-refractivity contribution in [1.29, 1.82) is 0 Å². The van der Waals surface area contributed by atoms with Crippen molar-refractivity contribution in [3.63, 3.8) is 0 Å². The molecule has 3 atom stereocenters. The first-order valence-corrected chi connectivity index (χ1v) is 4.92. The zero-order valence-corrected chi connectivity index (χ0v) is 8.92. The second kappa shape index (κ2) is 4.45. The average molecular weight is 208 g/mol. The summed E-state index contributed by atoms with van der Waals surface area (Å²) in [6.07, 6.45) is 9.78. The lowest BCUT2D eigenvalue weighted by Crippen LogP contribution is -2.31. The van der Waals surface area contributed by atoms with Crippen molar-refractivity contribution in [3.05, 3.63) is 36.5 Å². The van der Waals surface area contributed by atoms with Gasteiger partial charge in [0.2, 0.25) is 0 Å². The number of hydrogen-bond donors (Lipinski definition) is 2. The normalized spacial score (nSPS) is 32.1. The van der Waals surface area contributed by atoms with Gasteiger partial charge in [0, 0.05) is 17.4 Å². The molecule has 0 aromatic rings. The predicted molar refractivity (Wildman–Crippen MR) is 58.3 cm³/mol. The maximum atomic E-state index is 10.5. The fourth-order valence-electron chi connectivity index (χ4n) is 1.86. The molecule has 1 aliphatic rings. The van der Waals surface area contributed by atoms with Crippen LogP contribution < -0.4 is 0 Å². The second-order valence-corrected chi connectivity index (χ2v) is 4.05. The van der Waals surface area contributed by atoms with Crippen molar-refractivity contribution in [2.75, 3.05) is 0 Å². The Morgan fingerprint density at radius 1 is 1.53 bits per heavy atom. The Morgan fingerprint density at radius 3 is 2.73 bits per heavy atom. The van der Waals surface area contributed by atoms with Gasteiger partial charge < -0.3 is 10.2 Å². The molecule has 1 aliphatic carbocycles. The summed E-state index contributed by atoms with van der Waals surface area (Å²) in [4.78, 5) is 10.5. The topological polar surface area (TPSA) is 57.5 Å². The third-order valence-electron chi connectivity index (χ3n) is 2.71. The van der Waals surface area contributed by atoms with E-state index in [0.717, 1.165) is 6.08 Å². The third-order valence-corrected chi connectivity index (χ3v) is 2.71. The fourth-order valence-corrected chi connectivity index (χ4v) is 1.86. The van der Waals surface area contributed by atoms with Crippen LogP contribution in [0.3, 0.4) is 0 Å². The van der Waals surface area contributed by atoms with Gasteiger partial charge in [0.1, 0.15) is 0 Å². The van der Waals surface area contributed by atoms with Gasteiger partial charge in [-0.3, -0.25) is 0 Å². The van der Waals surface area contributed by atoms with Gasteiger partial charge in [-0.05, 0) is 6.92 Å². The summed E-state index contributed by atoms with van der Waals surface area (Å²) in [5, 5.41) is 18.2. The zero-order valence-electron chi connectivity index (χ0n) is 8.92. The zero-order chi connectivity index (χ0) is 11.5. The van der Waals surface area contributed by atoms with E-state index >= 15 is 0 Å². The van der Waals surface area contributed by atoms with E-state index in [1.807, 2.05) is 31.2 Å². The van der Waals surface area contributed by atoms with E-state index in [1.54, 1.807) is 13.0 Å². The van der Waals surface area contributed by atoms with Crippen LogP contribution in [-0.4, -0.2) is 22.3 Å². The number of allylic oxidation sites excluding steroid dienone is 4. The van der Waals surface area contributed by atoms with E-state index in [2.05, 4.69) is 0 Å². The minimum atomic E-state index is -0.969. The maximum Gasteiger partial charge on any atom is 0.328 e. The van der Waals surface area contributed by atoms with Gasteiger partial charge in [-0.15, -0.1) is 0 Å². The lowest BCUT2D eigenvalue weighted by Gasteiger charge is -2.34. The molecule has 0 spiro atoms. The van der Waals surface area contributed by atoms with Gasteiger partial charge >= 0.3 is 5.97 Å². The highest BCUT2D eigenvalue weighted by Crippen LogP contribution is 2.36. The molecule has 0 aromatic carbocycles. The van der Waals surface area contributed by atoms with Crippen molar-refractivity contribution in [1.82, 2.24) is 0 Å². The van der Waals surface area contributed by atoms with Gasteiger partial charge in [-0.25, -0.2) is 4.79 Å². The van der Waals surface area contributed by atoms with Crippen LogP contribution in [0, 0.1) is 11.3 Å². The van der Waals surface area contributed by atoms with Gasteiger partial charge in [-0.2, -0.15) is 0 Å². The van der Waals surface area contributed by atoms with Crippen LogP contribution in [0.1, 0.15) is 13.8 Å². The Morgan fingerprint density at radius 2 is 2.20 bits per heavy atom. The smallest absolute Gasteiger partial charge is 0.328 e. The number of carbonyl (C=O) groups is 1. The van der Waals surface area contributed by atoms with E-state index < -0.39 is 17.5 Å². The Kier molecular flexibility index (Phi) is 3.48. The highest BCUT2D eigenvalue weighted by molar-refractivity contribution is 5.80. The summed E-state index contributed by atoms with van der Waals surface area (Å²) in [6.45, 7) is 3.62. The summed E-state index contributed by atoms with van der Waals surface area (Å²) in [5.74, 6) is -1.05. The molecule has 3 unspecified atom stereocenters. The lowest BCUT2D eigenvalue weighted by atomic mass is 9.72. The third kappa shape index (κ3) is 2.80. The maximum absolute atomic E-state index is 10.5. The van der Waals surface area contributed by atoms with E-state index in [1.165, 1.54) is 0 Å². The summed E-state index contributed by atoms with van der Waals surface area (Å²) < 4.78 is 0. The minimum Gasteiger partial charge on any atom is -0.478 e. The first-order valence-electron chi connectivity index (χ1n) is 4.92. The number of hydrogen-bond acceptors (Lipinski definition) is 2. The number of aliphatic hydroxyl groups is 1. The first-order chi connectivity index (χ1) is 6.96. The minimum absolute atomic E-state index is 0.0851. The molecule has 0 aliphatic heterocycles. The van der Waals surface area contributed by atoms with Crippen LogP contribution in [0.25, 0.3) is 0 Å². The molecule has 3 nitrogen and oxygen atoms in total. The number of rotatable bonds is 3. The van der Waals surface area contributed by atoms with Crippen LogP contribution in [-0.2, 0) is 4.79 Å². The summed E-state index contributed by atoms with van der Waals surface area (Å²) in [5.41, 5.74) is -0.429. The summed E-state index contributed by atoms with van der Waals surface area (Å²) >= 11 is 0. The van der Waals surface area contributed by atoms with E-state index in [4.69, 9.17) is 5.11 Å². The van der Waals surface area contributed by atoms with Gasteiger partial charge in [0.15, 0.2) is 0 Å². The van der Waals surface area contributed by atoms with Crippen molar-refractivity contribution < 1.29 is 15.0 Å². The molecule has 0 saturated heterocycles. The Balaban J connectivity index is 2.93. The molecule has 2 N–H and O–H groups in total. The molecule has 0 aromatic heterocycles. The average Bonchev–Trinajstić information content (AvgIpc) is 2.15. The molecule has 1 rings (SSSR count). The van der Waals surface area contributed by atoms with E-state index in [9.17, 15) is 9.90 Å². The standard InChI is InChI=1S/C12H16O3/c1-9(13)10-5-3-4-7-12(10,2)8-6-11(14)15/h3-10,13H,1-2H3,(H,14,15)/b8-6+. The van der Waals surface area contributed by atoms with Crippen molar-refractivity contribution in [2.24, 2.45) is 11.3 Å². The molecular weight excluding hydrogens is 192 g/mol. The molecule has 0 bridgehead atoms.